The Morgan fingerprint density at radius 1 is 1.18 bits per heavy atom. The summed E-state index contributed by atoms with van der Waals surface area (Å²) in [5.74, 6) is -1.60. The van der Waals surface area contributed by atoms with E-state index >= 15 is 0 Å². The zero-order valence-electron chi connectivity index (χ0n) is 22.2. The van der Waals surface area contributed by atoms with Crippen LogP contribution >= 0.6 is 11.8 Å². The fourth-order valence-corrected chi connectivity index (χ4v) is 5.34. The van der Waals surface area contributed by atoms with Gasteiger partial charge in [0.05, 0.1) is 6.04 Å². The van der Waals surface area contributed by atoms with E-state index in [1.165, 1.54) is 4.90 Å². The van der Waals surface area contributed by atoms with Crippen LogP contribution in [0.2, 0.25) is 0 Å². The Labute approximate surface area is 227 Å². The molecule has 208 valence electrons. The lowest BCUT2D eigenvalue weighted by molar-refractivity contribution is -0.143. The highest BCUT2D eigenvalue weighted by Gasteiger charge is 2.38. The third kappa shape index (κ3) is 7.50. The standard InChI is InChI=1S/C27H39N5O5S/c1-16(2)13-21(30-25(34)23-9-6-11-32(23)26(35)19(28)10-12-38-3)24(33)31-22(27(36)37)14-17-15-29-20-8-5-4-7-18(17)20/h4-5,7-8,15-16,19,21-23,29H,6,9-14,28H2,1-3H3,(H,30,34)(H,31,33)(H,36,37). The van der Waals surface area contributed by atoms with Crippen molar-refractivity contribution in [2.75, 3.05) is 18.6 Å². The Balaban J connectivity index is 1.70. The lowest BCUT2D eigenvalue weighted by atomic mass is 10.0. The van der Waals surface area contributed by atoms with Crippen LogP contribution in [-0.2, 0) is 25.6 Å². The fourth-order valence-electron chi connectivity index (χ4n) is 4.85. The molecule has 1 aromatic carbocycles. The van der Waals surface area contributed by atoms with Gasteiger partial charge in [-0.2, -0.15) is 11.8 Å². The van der Waals surface area contributed by atoms with Crippen molar-refractivity contribution in [1.82, 2.24) is 20.5 Å². The molecular formula is C27H39N5O5S. The highest BCUT2D eigenvalue weighted by Crippen LogP contribution is 2.21. The highest BCUT2D eigenvalue weighted by molar-refractivity contribution is 7.98. The second kappa shape index (κ2) is 13.7. The van der Waals surface area contributed by atoms with Gasteiger partial charge in [0.1, 0.15) is 18.1 Å². The summed E-state index contributed by atoms with van der Waals surface area (Å²) in [6.45, 7) is 4.28. The third-order valence-electron chi connectivity index (χ3n) is 6.84. The Morgan fingerprint density at radius 2 is 1.92 bits per heavy atom. The van der Waals surface area contributed by atoms with Gasteiger partial charge in [0, 0.05) is 30.1 Å². The number of H-pyrrole nitrogens is 1. The van der Waals surface area contributed by atoms with E-state index < -0.39 is 42.0 Å². The van der Waals surface area contributed by atoms with Crippen molar-refractivity contribution in [3.63, 3.8) is 0 Å². The predicted molar refractivity (Wildman–Crippen MR) is 149 cm³/mol. The summed E-state index contributed by atoms with van der Waals surface area (Å²) >= 11 is 1.60. The molecule has 0 spiro atoms. The molecule has 10 nitrogen and oxygen atoms in total. The number of rotatable bonds is 13. The molecule has 0 radical (unpaired) electrons. The number of amides is 3. The van der Waals surface area contributed by atoms with Crippen LogP contribution in [0.25, 0.3) is 10.9 Å². The molecule has 1 aliphatic heterocycles. The second-order valence-corrected chi connectivity index (χ2v) is 11.2. The molecule has 2 heterocycles. The minimum Gasteiger partial charge on any atom is -0.480 e. The number of carbonyl (C=O) groups excluding carboxylic acids is 3. The molecule has 1 aromatic heterocycles. The average molecular weight is 546 g/mol. The Bertz CT molecular complexity index is 1140. The summed E-state index contributed by atoms with van der Waals surface area (Å²) < 4.78 is 0. The van der Waals surface area contributed by atoms with Crippen molar-refractivity contribution in [2.24, 2.45) is 11.7 Å². The van der Waals surface area contributed by atoms with Gasteiger partial charge >= 0.3 is 5.97 Å². The van der Waals surface area contributed by atoms with Crippen LogP contribution < -0.4 is 16.4 Å². The number of carboxylic acid groups (broad SMARTS) is 1. The number of aliphatic carboxylic acids is 1. The maximum absolute atomic E-state index is 13.3. The van der Waals surface area contributed by atoms with Gasteiger partial charge in [-0.3, -0.25) is 14.4 Å². The normalized spacial score (nSPS) is 17.8. The number of nitrogens with one attached hydrogen (secondary N) is 3. The fraction of sp³-hybridized carbons (Fsp3) is 0.556. The molecule has 11 heteroatoms. The van der Waals surface area contributed by atoms with E-state index in [4.69, 9.17) is 5.73 Å². The van der Waals surface area contributed by atoms with Gasteiger partial charge in [-0.1, -0.05) is 32.0 Å². The summed E-state index contributed by atoms with van der Waals surface area (Å²) in [6, 6.07) is 4.06. The van der Waals surface area contributed by atoms with E-state index in [-0.39, 0.29) is 18.2 Å². The van der Waals surface area contributed by atoms with Crippen molar-refractivity contribution in [3.8, 4) is 0 Å². The smallest absolute Gasteiger partial charge is 0.326 e. The van der Waals surface area contributed by atoms with E-state index in [0.29, 0.717) is 32.2 Å². The zero-order chi connectivity index (χ0) is 27.8. The first kappa shape index (κ1) is 29.5. The predicted octanol–water partition coefficient (Wildman–Crippen LogP) is 1.88. The van der Waals surface area contributed by atoms with E-state index in [2.05, 4.69) is 15.6 Å². The molecule has 0 bridgehead atoms. The lowest BCUT2D eigenvalue weighted by Crippen LogP contribution is -2.57. The maximum atomic E-state index is 13.3. The molecule has 0 saturated carbocycles. The summed E-state index contributed by atoms with van der Waals surface area (Å²) in [4.78, 5) is 56.1. The van der Waals surface area contributed by atoms with E-state index in [0.717, 1.165) is 22.2 Å². The van der Waals surface area contributed by atoms with Crippen LogP contribution in [-0.4, -0.2) is 81.4 Å². The van der Waals surface area contributed by atoms with Crippen LogP contribution in [0.5, 0.6) is 0 Å². The number of hydrogen-bond donors (Lipinski definition) is 5. The molecule has 3 rings (SSSR count). The third-order valence-corrected chi connectivity index (χ3v) is 7.49. The number of hydrogen-bond acceptors (Lipinski definition) is 6. The number of nitrogens with zero attached hydrogens (tertiary/aromatic N) is 1. The van der Waals surface area contributed by atoms with Crippen LogP contribution in [0.3, 0.4) is 0 Å². The van der Waals surface area contributed by atoms with Crippen molar-refractivity contribution in [2.45, 2.75) is 70.1 Å². The summed E-state index contributed by atoms with van der Waals surface area (Å²) in [7, 11) is 0. The molecule has 1 fully saturated rings. The molecular weight excluding hydrogens is 506 g/mol. The first-order chi connectivity index (χ1) is 18.1. The minimum absolute atomic E-state index is 0.0595. The van der Waals surface area contributed by atoms with E-state index in [1.807, 2.05) is 44.4 Å². The second-order valence-electron chi connectivity index (χ2n) is 10.2. The van der Waals surface area contributed by atoms with Gasteiger partial charge in [0.2, 0.25) is 17.7 Å². The first-order valence-corrected chi connectivity index (χ1v) is 14.4. The topological polar surface area (TPSA) is 158 Å². The van der Waals surface area contributed by atoms with Crippen LogP contribution in [0, 0.1) is 5.92 Å². The Kier molecular flexibility index (Phi) is 10.6. The van der Waals surface area contributed by atoms with Gasteiger partial charge < -0.3 is 31.4 Å². The minimum atomic E-state index is -1.17. The molecule has 4 atom stereocenters. The van der Waals surface area contributed by atoms with Crippen molar-refractivity contribution in [3.05, 3.63) is 36.0 Å². The van der Waals surface area contributed by atoms with Gasteiger partial charge in [0.15, 0.2) is 0 Å². The number of fused-ring (bicyclic) bond motifs is 1. The molecule has 4 unspecified atom stereocenters. The van der Waals surface area contributed by atoms with Crippen LogP contribution in [0.1, 0.15) is 45.1 Å². The van der Waals surface area contributed by atoms with Gasteiger partial charge in [-0.05, 0) is 55.2 Å². The number of nitrogens with two attached hydrogens (primary N) is 1. The highest BCUT2D eigenvalue weighted by atomic mass is 32.2. The summed E-state index contributed by atoms with van der Waals surface area (Å²) in [5, 5.41) is 16.2. The number of aromatic amines is 1. The molecule has 6 N–H and O–H groups in total. The summed E-state index contributed by atoms with van der Waals surface area (Å²) in [5.41, 5.74) is 7.73. The molecule has 1 saturated heterocycles. The molecule has 1 aliphatic rings. The maximum Gasteiger partial charge on any atom is 0.326 e. The molecule has 0 aliphatic carbocycles. The molecule has 38 heavy (non-hydrogen) atoms. The zero-order valence-corrected chi connectivity index (χ0v) is 23.1. The van der Waals surface area contributed by atoms with E-state index in [1.54, 1.807) is 18.0 Å². The summed E-state index contributed by atoms with van der Waals surface area (Å²) in [6.07, 6.45) is 5.79. The van der Waals surface area contributed by atoms with Crippen molar-refractivity contribution in [1.29, 1.82) is 0 Å². The number of aromatic nitrogens is 1. The SMILES string of the molecule is CSCCC(N)C(=O)N1CCCC1C(=O)NC(CC(C)C)C(=O)NC(Cc1c[nH]c2ccccc12)C(=O)O. The molecule has 3 amide bonds. The van der Waals surface area contributed by atoms with Crippen LogP contribution in [0.4, 0.5) is 0 Å². The number of carbonyl (C=O) groups is 4. The number of carboxylic acids is 1. The Hall–Kier alpha value is -3.05. The van der Waals surface area contributed by atoms with Gasteiger partial charge in [0.25, 0.3) is 0 Å². The van der Waals surface area contributed by atoms with Gasteiger partial charge in [-0.25, -0.2) is 4.79 Å². The number of thioether (sulfide) groups is 1. The van der Waals surface area contributed by atoms with Crippen molar-refractivity contribution < 1.29 is 24.3 Å². The number of likely N-dealkylation sites (tertiary alicyclic amines) is 1. The lowest BCUT2D eigenvalue weighted by Gasteiger charge is -2.29. The van der Waals surface area contributed by atoms with Crippen LogP contribution in [0.15, 0.2) is 30.5 Å². The average Bonchev–Trinajstić information content (AvgIpc) is 3.53. The van der Waals surface area contributed by atoms with Gasteiger partial charge in [-0.15, -0.1) is 0 Å². The monoisotopic (exact) mass is 545 g/mol. The molecule has 2 aromatic rings. The first-order valence-electron chi connectivity index (χ1n) is 13.1. The Morgan fingerprint density at radius 3 is 2.61 bits per heavy atom. The van der Waals surface area contributed by atoms with Crippen molar-refractivity contribution >= 4 is 46.4 Å². The number of para-hydroxylation sites is 1. The quantitative estimate of drug-likeness (QED) is 0.257. The number of benzene rings is 1. The van der Waals surface area contributed by atoms with E-state index in [9.17, 15) is 24.3 Å². The largest absolute Gasteiger partial charge is 0.480 e.